The molecule has 0 aliphatic carbocycles. The molecule has 0 spiro atoms. The van der Waals surface area contributed by atoms with Crippen molar-refractivity contribution < 1.29 is 26.7 Å². The van der Waals surface area contributed by atoms with E-state index in [0.29, 0.717) is 0 Å². The van der Waals surface area contributed by atoms with Gasteiger partial charge in [0.25, 0.3) is 6.43 Å². The average molecular weight is 345 g/mol. The van der Waals surface area contributed by atoms with Crippen molar-refractivity contribution in [1.82, 2.24) is 4.98 Å². The molecule has 0 aliphatic heterocycles. The highest BCUT2D eigenvalue weighted by atomic mass is 79.9. The fraction of sp³-hybridized carbons (Fsp3) is 0.400. The summed E-state index contributed by atoms with van der Waals surface area (Å²) in [6.07, 6.45) is -8.50. The van der Waals surface area contributed by atoms with Crippen LogP contribution in [0.4, 0.5) is 22.0 Å². The quantitative estimate of drug-likeness (QED) is 0.615. The van der Waals surface area contributed by atoms with Crippen molar-refractivity contribution in [2.24, 2.45) is 0 Å². The number of pyridine rings is 1. The van der Waals surface area contributed by atoms with Gasteiger partial charge >= 0.3 is 6.36 Å². The van der Waals surface area contributed by atoms with Crippen LogP contribution in [0.3, 0.4) is 0 Å². The number of aromatic nitrogens is 1. The van der Waals surface area contributed by atoms with Crippen LogP contribution in [0.5, 0.6) is 5.88 Å². The molecular formula is C10H6BrF5N2O. The molecule has 0 atom stereocenters. The van der Waals surface area contributed by atoms with E-state index in [1.807, 2.05) is 0 Å². The number of hydrogen-bond donors (Lipinski definition) is 0. The molecule has 19 heavy (non-hydrogen) atoms. The first-order valence-corrected chi connectivity index (χ1v) is 5.90. The molecule has 0 fully saturated rings. The highest BCUT2D eigenvalue weighted by Crippen LogP contribution is 2.31. The minimum atomic E-state index is -5.03. The van der Waals surface area contributed by atoms with Crippen LogP contribution in [0.1, 0.15) is 23.2 Å². The molecule has 0 aliphatic rings. The van der Waals surface area contributed by atoms with Gasteiger partial charge in [0.05, 0.1) is 12.5 Å². The van der Waals surface area contributed by atoms with E-state index in [0.717, 1.165) is 6.07 Å². The third-order valence-corrected chi connectivity index (χ3v) is 2.61. The maximum Gasteiger partial charge on any atom is 0.574 e. The number of nitriles is 1. The van der Waals surface area contributed by atoms with Crippen LogP contribution < -0.4 is 4.74 Å². The van der Waals surface area contributed by atoms with E-state index < -0.39 is 24.4 Å². The van der Waals surface area contributed by atoms with Crippen molar-refractivity contribution in [3.63, 3.8) is 0 Å². The molecule has 3 nitrogen and oxygen atoms in total. The van der Waals surface area contributed by atoms with Crippen LogP contribution in [0.25, 0.3) is 0 Å². The molecule has 0 unspecified atom stereocenters. The first kappa shape index (κ1) is 15.6. The molecule has 1 rings (SSSR count). The van der Waals surface area contributed by atoms with Crippen molar-refractivity contribution >= 4 is 15.9 Å². The first-order valence-electron chi connectivity index (χ1n) is 4.78. The van der Waals surface area contributed by atoms with Crippen molar-refractivity contribution in [1.29, 1.82) is 5.26 Å². The number of nitrogens with zero attached hydrogens (tertiary/aromatic N) is 2. The SMILES string of the molecule is N#CCc1cc(CBr)c(OC(F)(F)F)nc1C(F)F. The third-order valence-electron chi connectivity index (χ3n) is 2.01. The molecule has 0 saturated heterocycles. The van der Waals surface area contributed by atoms with Gasteiger partial charge in [0.2, 0.25) is 5.88 Å². The predicted octanol–water partition coefficient (Wildman–Crippen LogP) is 3.88. The third kappa shape index (κ3) is 4.31. The monoisotopic (exact) mass is 344 g/mol. The summed E-state index contributed by atoms with van der Waals surface area (Å²) in [6, 6.07) is 2.70. The molecule has 0 radical (unpaired) electrons. The van der Waals surface area contributed by atoms with E-state index in [1.165, 1.54) is 0 Å². The van der Waals surface area contributed by atoms with Gasteiger partial charge in [-0.3, -0.25) is 0 Å². The summed E-state index contributed by atoms with van der Waals surface area (Å²) >= 11 is 2.91. The average Bonchev–Trinajstić information content (AvgIpc) is 2.28. The zero-order chi connectivity index (χ0) is 14.6. The van der Waals surface area contributed by atoms with Crippen LogP contribution in [-0.2, 0) is 11.8 Å². The van der Waals surface area contributed by atoms with Gasteiger partial charge in [-0.1, -0.05) is 15.9 Å². The zero-order valence-corrected chi connectivity index (χ0v) is 10.7. The molecule has 0 N–H and O–H groups in total. The highest BCUT2D eigenvalue weighted by molar-refractivity contribution is 9.08. The van der Waals surface area contributed by atoms with Gasteiger partial charge in [0.15, 0.2) is 0 Å². The van der Waals surface area contributed by atoms with E-state index in [1.54, 1.807) is 6.07 Å². The first-order chi connectivity index (χ1) is 8.78. The van der Waals surface area contributed by atoms with Gasteiger partial charge in [-0.25, -0.2) is 13.8 Å². The minimum Gasteiger partial charge on any atom is -0.388 e. The van der Waals surface area contributed by atoms with E-state index in [9.17, 15) is 22.0 Å². The molecule has 9 heteroatoms. The molecule has 0 saturated carbocycles. The van der Waals surface area contributed by atoms with E-state index in [2.05, 4.69) is 25.7 Å². The van der Waals surface area contributed by atoms with Gasteiger partial charge in [-0.2, -0.15) is 5.26 Å². The second-order valence-corrected chi connectivity index (χ2v) is 3.87. The molecule has 0 aromatic carbocycles. The fourth-order valence-electron chi connectivity index (χ4n) is 1.31. The number of hydrogen-bond acceptors (Lipinski definition) is 3. The smallest absolute Gasteiger partial charge is 0.388 e. The van der Waals surface area contributed by atoms with Crippen LogP contribution >= 0.6 is 15.9 Å². The Morgan fingerprint density at radius 3 is 2.42 bits per heavy atom. The van der Waals surface area contributed by atoms with Crippen molar-refractivity contribution in [2.45, 2.75) is 24.5 Å². The number of rotatable bonds is 4. The van der Waals surface area contributed by atoms with Crippen molar-refractivity contribution in [3.05, 3.63) is 22.9 Å². The summed E-state index contributed by atoms with van der Waals surface area (Å²) < 4.78 is 65.3. The Bertz CT molecular complexity index is 498. The molecular weight excluding hydrogens is 339 g/mol. The lowest BCUT2D eigenvalue weighted by molar-refractivity contribution is -0.276. The zero-order valence-electron chi connectivity index (χ0n) is 9.14. The molecule has 0 bridgehead atoms. The summed E-state index contributed by atoms with van der Waals surface area (Å²) in [5, 5.41) is 8.42. The second kappa shape index (κ2) is 6.14. The van der Waals surface area contributed by atoms with Crippen LogP contribution in [-0.4, -0.2) is 11.3 Å². The molecule has 1 aromatic rings. The Morgan fingerprint density at radius 1 is 1.37 bits per heavy atom. The van der Waals surface area contributed by atoms with Gasteiger partial charge in [-0.05, 0) is 11.6 Å². The Morgan fingerprint density at radius 2 is 2.00 bits per heavy atom. The Balaban J connectivity index is 3.32. The van der Waals surface area contributed by atoms with E-state index in [4.69, 9.17) is 5.26 Å². The second-order valence-electron chi connectivity index (χ2n) is 3.31. The Kier molecular flexibility index (Phi) is 5.05. The molecule has 1 heterocycles. The van der Waals surface area contributed by atoms with Crippen LogP contribution in [0.2, 0.25) is 0 Å². The summed E-state index contributed by atoms with van der Waals surface area (Å²) in [7, 11) is 0. The largest absolute Gasteiger partial charge is 0.574 e. The Labute approximate surface area is 113 Å². The van der Waals surface area contributed by atoms with Crippen molar-refractivity contribution in [2.75, 3.05) is 0 Å². The predicted molar refractivity (Wildman–Crippen MR) is 57.8 cm³/mol. The maximum atomic E-state index is 12.7. The standard InChI is InChI=1S/C10H6BrF5N2O/c11-4-6-3-5(1-2-17)7(8(12)13)18-9(6)19-10(14,15)16/h3,8H,1,4H2. The van der Waals surface area contributed by atoms with E-state index >= 15 is 0 Å². The lowest BCUT2D eigenvalue weighted by Gasteiger charge is -2.14. The van der Waals surface area contributed by atoms with Gasteiger partial charge < -0.3 is 4.74 Å². The minimum absolute atomic E-state index is 0.0630. The van der Waals surface area contributed by atoms with E-state index in [-0.39, 0.29) is 22.9 Å². The highest BCUT2D eigenvalue weighted by Gasteiger charge is 2.33. The van der Waals surface area contributed by atoms with Crippen molar-refractivity contribution in [3.8, 4) is 11.9 Å². The van der Waals surface area contributed by atoms with Crippen LogP contribution in [0.15, 0.2) is 6.07 Å². The molecule has 1 aromatic heterocycles. The molecule has 104 valence electrons. The normalized spacial score (nSPS) is 11.5. The van der Waals surface area contributed by atoms with Gasteiger partial charge in [0, 0.05) is 10.9 Å². The fourth-order valence-corrected chi connectivity index (χ4v) is 1.71. The topological polar surface area (TPSA) is 45.9 Å². The summed E-state index contributed by atoms with van der Waals surface area (Å²) in [5.41, 5.74) is -1.07. The summed E-state index contributed by atoms with van der Waals surface area (Å²) in [6.45, 7) is 0. The van der Waals surface area contributed by atoms with Crippen LogP contribution in [0, 0.1) is 11.3 Å². The van der Waals surface area contributed by atoms with Gasteiger partial charge in [-0.15, -0.1) is 13.2 Å². The lowest BCUT2D eigenvalue weighted by Crippen LogP contribution is -2.19. The maximum absolute atomic E-state index is 12.7. The summed E-state index contributed by atoms with van der Waals surface area (Å²) in [4.78, 5) is 3.17. The number of ether oxygens (including phenoxy) is 1. The Hall–Kier alpha value is -1.43. The lowest BCUT2D eigenvalue weighted by atomic mass is 10.1. The number of halogens is 6. The van der Waals surface area contributed by atoms with Gasteiger partial charge in [0.1, 0.15) is 5.69 Å². The summed E-state index contributed by atoms with van der Waals surface area (Å²) in [5.74, 6) is -0.943. The number of alkyl halides is 6. The molecule has 0 amide bonds.